The van der Waals surface area contributed by atoms with E-state index in [4.69, 9.17) is 22.1 Å². The Kier molecular flexibility index (Phi) is 6.48. The summed E-state index contributed by atoms with van der Waals surface area (Å²) in [6.07, 6.45) is 1.33. The molecule has 8 nitrogen and oxygen atoms in total. The van der Waals surface area contributed by atoms with Crippen LogP contribution in [-0.4, -0.2) is 22.5 Å². The third-order valence-corrected chi connectivity index (χ3v) is 4.09. The van der Waals surface area contributed by atoms with E-state index in [0.717, 1.165) is 5.56 Å². The van der Waals surface area contributed by atoms with Gasteiger partial charge >= 0.3 is 0 Å². The molecule has 0 saturated heterocycles. The number of ether oxygens (including phenoxy) is 1. The number of carbonyl (C=O) groups is 1. The zero-order chi connectivity index (χ0) is 19.8. The predicted molar refractivity (Wildman–Crippen MR) is 109 cm³/mol. The molecule has 28 heavy (non-hydrogen) atoms. The molecule has 9 heteroatoms. The molecule has 5 N–H and O–H groups in total. The minimum absolute atomic E-state index is 0.153. The first-order chi connectivity index (χ1) is 13.6. The van der Waals surface area contributed by atoms with Crippen LogP contribution in [0.3, 0.4) is 0 Å². The second-order valence-corrected chi connectivity index (χ2v) is 6.11. The van der Waals surface area contributed by atoms with Gasteiger partial charge in [0.25, 0.3) is 5.91 Å². The highest BCUT2D eigenvalue weighted by Gasteiger charge is 2.10. The first-order valence-electron chi connectivity index (χ1n) is 8.44. The number of nitrogens with two attached hydrogens (primary N) is 1. The Labute approximate surface area is 167 Å². The summed E-state index contributed by atoms with van der Waals surface area (Å²) >= 11 is 6.14. The Hall–Kier alpha value is -3.52. The van der Waals surface area contributed by atoms with Crippen molar-refractivity contribution in [1.29, 1.82) is 0 Å². The van der Waals surface area contributed by atoms with E-state index >= 15 is 0 Å². The number of hydrogen-bond acceptors (Lipinski definition) is 7. The number of amides is 1. The van der Waals surface area contributed by atoms with Crippen molar-refractivity contribution in [3.63, 3.8) is 0 Å². The summed E-state index contributed by atoms with van der Waals surface area (Å²) in [4.78, 5) is 20.1. The van der Waals surface area contributed by atoms with Crippen LogP contribution >= 0.6 is 11.6 Å². The van der Waals surface area contributed by atoms with Crippen molar-refractivity contribution in [2.45, 2.75) is 6.54 Å². The fraction of sp³-hybridized carbons (Fsp3) is 0.105. The number of nitrogen functional groups attached to an aromatic ring is 1. The standard InChI is InChI=1S/C19H19ClN6O2/c20-15-9-5-4-6-13(15)10-22-18-17(21)19(24-12-23-18)26-25-16(27)11-28-14-7-2-1-3-8-14/h1-9,12H,10-11,21H2,(H,25,27)(H2,22,23,24,26). The van der Waals surface area contributed by atoms with E-state index in [1.807, 2.05) is 42.5 Å². The molecule has 0 saturated carbocycles. The van der Waals surface area contributed by atoms with Gasteiger partial charge in [0.1, 0.15) is 17.8 Å². The molecule has 1 heterocycles. The molecule has 144 valence electrons. The largest absolute Gasteiger partial charge is 0.484 e. The van der Waals surface area contributed by atoms with Crippen molar-refractivity contribution >= 4 is 34.8 Å². The quantitative estimate of drug-likeness (QED) is 0.431. The number of hydrazine groups is 1. The number of aromatic nitrogens is 2. The van der Waals surface area contributed by atoms with Gasteiger partial charge in [0.2, 0.25) is 0 Å². The van der Waals surface area contributed by atoms with Gasteiger partial charge in [-0.1, -0.05) is 48.0 Å². The molecule has 0 aliphatic carbocycles. The number of para-hydroxylation sites is 1. The molecule has 1 aromatic heterocycles. The van der Waals surface area contributed by atoms with Crippen molar-refractivity contribution in [2.24, 2.45) is 0 Å². The number of nitrogens with zero attached hydrogens (tertiary/aromatic N) is 2. The highest BCUT2D eigenvalue weighted by atomic mass is 35.5. The lowest BCUT2D eigenvalue weighted by Gasteiger charge is -2.13. The fourth-order valence-electron chi connectivity index (χ4n) is 2.29. The van der Waals surface area contributed by atoms with E-state index < -0.39 is 0 Å². The van der Waals surface area contributed by atoms with Gasteiger partial charge in [-0.3, -0.25) is 15.6 Å². The minimum atomic E-state index is -0.382. The molecule has 0 unspecified atom stereocenters. The van der Waals surface area contributed by atoms with Crippen LogP contribution in [0.25, 0.3) is 0 Å². The lowest BCUT2D eigenvalue weighted by molar-refractivity contribution is -0.122. The van der Waals surface area contributed by atoms with Crippen molar-refractivity contribution in [3.8, 4) is 5.75 Å². The van der Waals surface area contributed by atoms with Crippen LogP contribution in [0.1, 0.15) is 5.56 Å². The van der Waals surface area contributed by atoms with E-state index in [2.05, 4.69) is 26.1 Å². The minimum Gasteiger partial charge on any atom is -0.484 e. The maximum Gasteiger partial charge on any atom is 0.276 e. The van der Waals surface area contributed by atoms with Gasteiger partial charge in [0.05, 0.1) is 0 Å². The molecule has 0 aliphatic rings. The Balaban J connectivity index is 1.54. The average molecular weight is 399 g/mol. The maximum absolute atomic E-state index is 11.9. The van der Waals surface area contributed by atoms with E-state index in [1.54, 1.807) is 12.1 Å². The maximum atomic E-state index is 11.9. The number of nitrogens with one attached hydrogen (secondary N) is 3. The lowest BCUT2D eigenvalue weighted by Crippen LogP contribution is -2.34. The summed E-state index contributed by atoms with van der Waals surface area (Å²) in [5.74, 6) is 0.912. The van der Waals surface area contributed by atoms with Crippen LogP contribution in [0.2, 0.25) is 5.02 Å². The SMILES string of the molecule is Nc1c(NCc2ccccc2Cl)ncnc1NNC(=O)COc1ccccc1. The summed E-state index contributed by atoms with van der Waals surface area (Å²) in [6.45, 7) is 0.289. The Morgan fingerprint density at radius 2 is 1.75 bits per heavy atom. The highest BCUT2D eigenvalue weighted by molar-refractivity contribution is 6.31. The van der Waals surface area contributed by atoms with Crippen LogP contribution in [0.5, 0.6) is 5.75 Å². The number of anilines is 3. The van der Waals surface area contributed by atoms with E-state index in [9.17, 15) is 4.79 Å². The van der Waals surface area contributed by atoms with Crippen LogP contribution in [0, 0.1) is 0 Å². The summed E-state index contributed by atoms with van der Waals surface area (Å²) in [6, 6.07) is 16.5. The normalized spacial score (nSPS) is 10.2. The van der Waals surface area contributed by atoms with Gasteiger partial charge in [0.15, 0.2) is 18.2 Å². The number of rotatable bonds is 8. The van der Waals surface area contributed by atoms with Crippen molar-refractivity contribution in [3.05, 3.63) is 71.5 Å². The summed E-state index contributed by atoms with van der Waals surface area (Å²) in [5, 5.41) is 3.75. The lowest BCUT2D eigenvalue weighted by atomic mass is 10.2. The zero-order valence-corrected chi connectivity index (χ0v) is 15.6. The molecule has 0 radical (unpaired) electrons. The number of halogens is 1. The first kappa shape index (κ1) is 19.2. The summed E-state index contributed by atoms with van der Waals surface area (Å²) < 4.78 is 5.37. The van der Waals surface area contributed by atoms with E-state index in [-0.39, 0.29) is 24.0 Å². The summed E-state index contributed by atoms with van der Waals surface area (Å²) in [7, 11) is 0. The molecule has 0 atom stereocenters. The van der Waals surface area contributed by atoms with E-state index in [0.29, 0.717) is 23.1 Å². The molecule has 3 rings (SSSR count). The number of carbonyl (C=O) groups excluding carboxylic acids is 1. The monoisotopic (exact) mass is 398 g/mol. The Morgan fingerprint density at radius 1 is 1.04 bits per heavy atom. The Morgan fingerprint density at radius 3 is 2.54 bits per heavy atom. The van der Waals surface area contributed by atoms with Gasteiger partial charge in [-0.05, 0) is 23.8 Å². The van der Waals surface area contributed by atoms with Crippen LogP contribution in [0.15, 0.2) is 60.9 Å². The molecule has 0 spiro atoms. The third kappa shape index (κ3) is 5.24. The zero-order valence-electron chi connectivity index (χ0n) is 14.9. The van der Waals surface area contributed by atoms with Gasteiger partial charge in [-0.25, -0.2) is 9.97 Å². The fourth-order valence-corrected chi connectivity index (χ4v) is 2.49. The predicted octanol–water partition coefficient (Wildman–Crippen LogP) is 2.85. The Bertz CT molecular complexity index is 939. The van der Waals surface area contributed by atoms with Crippen molar-refractivity contribution in [2.75, 3.05) is 23.1 Å². The topological polar surface area (TPSA) is 114 Å². The second kappa shape index (κ2) is 9.43. The van der Waals surface area contributed by atoms with Crippen LogP contribution in [0.4, 0.5) is 17.3 Å². The molecule has 3 aromatic rings. The highest BCUT2D eigenvalue weighted by Crippen LogP contribution is 2.23. The van der Waals surface area contributed by atoms with Gasteiger partial charge in [-0.2, -0.15) is 0 Å². The molecule has 0 aliphatic heterocycles. The average Bonchev–Trinajstić information content (AvgIpc) is 2.72. The van der Waals surface area contributed by atoms with Gasteiger partial charge in [0, 0.05) is 11.6 Å². The van der Waals surface area contributed by atoms with E-state index in [1.165, 1.54) is 6.33 Å². The van der Waals surface area contributed by atoms with Gasteiger partial charge < -0.3 is 15.8 Å². The smallest absolute Gasteiger partial charge is 0.276 e. The van der Waals surface area contributed by atoms with Crippen LogP contribution in [-0.2, 0) is 11.3 Å². The number of hydrogen-bond donors (Lipinski definition) is 4. The second-order valence-electron chi connectivity index (χ2n) is 5.70. The van der Waals surface area contributed by atoms with Crippen LogP contribution < -0.4 is 26.6 Å². The summed E-state index contributed by atoms with van der Waals surface area (Å²) in [5.41, 5.74) is 12.4. The first-order valence-corrected chi connectivity index (χ1v) is 8.81. The van der Waals surface area contributed by atoms with Crippen molar-refractivity contribution in [1.82, 2.24) is 15.4 Å². The molecule has 0 fully saturated rings. The van der Waals surface area contributed by atoms with Gasteiger partial charge in [-0.15, -0.1) is 0 Å². The molecular weight excluding hydrogens is 380 g/mol. The van der Waals surface area contributed by atoms with Crippen molar-refractivity contribution < 1.29 is 9.53 Å². The molecular formula is C19H19ClN6O2. The molecule has 0 bridgehead atoms. The third-order valence-electron chi connectivity index (χ3n) is 3.72. The number of benzene rings is 2. The molecule has 2 aromatic carbocycles. The molecule has 1 amide bonds.